The summed E-state index contributed by atoms with van der Waals surface area (Å²) in [6.07, 6.45) is 1.06. The fourth-order valence-electron chi connectivity index (χ4n) is 3.49. The van der Waals surface area contributed by atoms with Gasteiger partial charge in [0.1, 0.15) is 5.75 Å². The molecule has 3 nitrogen and oxygen atoms in total. The van der Waals surface area contributed by atoms with Crippen LogP contribution in [0, 0.1) is 5.92 Å². The molecule has 1 aliphatic rings. The number of fused-ring (bicyclic) bond motifs is 1. The molecular formula is C19H22O3. The molecule has 0 saturated heterocycles. The average molecular weight is 298 g/mol. The summed E-state index contributed by atoms with van der Waals surface area (Å²) in [5.74, 6) is 3.44. The summed E-state index contributed by atoms with van der Waals surface area (Å²) >= 11 is 0. The van der Waals surface area contributed by atoms with Crippen molar-refractivity contribution in [1.29, 1.82) is 0 Å². The normalized spacial score (nSPS) is 19.6. The standard InChI is InChI=1S/C19H22O3/c1-12-9-14-10-17(21-3)18(22-4)11-16(14)19(12)13-5-7-15(20-2)8-6-13/h5-8,10-12,19H,9H2,1-4H3/t12-,19-/m0/s1. The van der Waals surface area contributed by atoms with Gasteiger partial charge in [-0.3, -0.25) is 0 Å². The highest BCUT2D eigenvalue weighted by molar-refractivity contribution is 5.53. The monoisotopic (exact) mass is 298 g/mol. The Morgan fingerprint density at radius 2 is 1.50 bits per heavy atom. The highest BCUT2D eigenvalue weighted by Gasteiger charge is 2.32. The fourth-order valence-corrected chi connectivity index (χ4v) is 3.49. The first kappa shape index (κ1) is 14.8. The van der Waals surface area contributed by atoms with Crippen LogP contribution in [-0.4, -0.2) is 21.3 Å². The van der Waals surface area contributed by atoms with Gasteiger partial charge in [0.05, 0.1) is 21.3 Å². The quantitative estimate of drug-likeness (QED) is 0.852. The van der Waals surface area contributed by atoms with Crippen molar-refractivity contribution < 1.29 is 14.2 Å². The van der Waals surface area contributed by atoms with Gasteiger partial charge in [-0.2, -0.15) is 0 Å². The summed E-state index contributed by atoms with van der Waals surface area (Å²) in [7, 11) is 5.06. The van der Waals surface area contributed by atoms with Crippen molar-refractivity contribution in [3.05, 3.63) is 53.1 Å². The van der Waals surface area contributed by atoms with Crippen molar-refractivity contribution in [2.75, 3.05) is 21.3 Å². The minimum atomic E-state index is 0.390. The second-order valence-electron chi connectivity index (χ2n) is 5.84. The zero-order chi connectivity index (χ0) is 15.7. The smallest absolute Gasteiger partial charge is 0.161 e. The van der Waals surface area contributed by atoms with Crippen LogP contribution in [0.2, 0.25) is 0 Å². The van der Waals surface area contributed by atoms with Gasteiger partial charge in [-0.05, 0) is 53.3 Å². The molecule has 1 aliphatic carbocycles. The van der Waals surface area contributed by atoms with E-state index in [1.54, 1.807) is 21.3 Å². The predicted molar refractivity (Wildman–Crippen MR) is 87.3 cm³/mol. The topological polar surface area (TPSA) is 27.7 Å². The molecule has 3 heteroatoms. The van der Waals surface area contributed by atoms with Gasteiger partial charge in [0.25, 0.3) is 0 Å². The summed E-state index contributed by atoms with van der Waals surface area (Å²) in [5.41, 5.74) is 4.01. The molecule has 2 aromatic carbocycles. The highest BCUT2D eigenvalue weighted by atomic mass is 16.5. The van der Waals surface area contributed by atoms with E-state index in [4.69, 9.17) is 14.2 Å². The lowest BCUT2D eigenvalue weighted by Crippen LogP contribution is -2.05. The first-order chi connectivity index (χ1) is 10.7. The minimum Gasteiger partial charge on any atom is -0.497 e. The van der Waals surface area contributed by atoms with Crippen LogP contribution in [0.5, 0.6) is 17.2 Å². The molecule has 116 valence electrons. The van der Waals surface area contributed by atoms with Crippen molar-refractivity contribution in [1.82, 2.24) is 0 Å². The van der Waals surface area contributed by atoms with Crippen LogP contribution in [-0.2, 0) is 6.42 Å². The van der Waals surface area contributed by atoms with Crippen LogP contribution < -0.4 is 14.2 Å². The Kier molecular flexibility index (Phi) is 3.97. The minimum absolute atomic E-state index is 0.390. The van der Waals surface area contributed by atoms with E-state index in [2.05, 4.69) is 31.2 Å². The Bertz CT molecular complexity index is 661. The number of hydrogen-bond acceptors (Lipinski definition) is 3. The highest BCUT2D eigenvalue weighted by Crippen LogP contribution is 2.46. The summed E-state index contributed by atoms with van der Waals surface area (Å²) in [6.45, 7) is 2.30. The third-order valence-electron chi connectivity index (χ3n) is 4.57. The van der Waals surface area contributed by atoms with E-state index in [0.29, 0.717) is 11.8 Å². The number of hydrogen-bond donors (Lipinski definition) is 0. The average Bonchev–Trinajstić information content (AvgIpc) is 2.88. The number of benzene rings is 2. The lowest BCUT2D eigenvalue weighted by atomic mass is 9.87. The molecule has 0 saturated carbocycles. The molecule has 0 unspecified atom stereocenters. The number of ether oxygens (including phenoxy) is 3. The number of rotatable bonds is 4. The van der Waals surface area contributed by atoms with Crippen molar-refractivity contribution in [3.63, 3.8) is 0 Å². The van der Waals surface area contributed by atoms with Gasteiger partial charge in [-0.1, -0.05) is 19.1 Å². The molecule has 0 fully saturated rings. The van der Waals surface area contributed by atoms with E-state index in [0.717, 1.165) is 23.7 Å². The van der Waals surface area contributed by atoms with Crippen LogP contribution in [0.25, 0.3) is 0 Å². The Morgan fingerprint density at radius 1 is 0.864 bits per heavy atom. The van der Waals surface area contributed by atoms with E-state index in [9.17, 15) is 0 Å². The van der Waals surface area contributed by atoms with Crippen LogP contribution in [0.1, 0.15) is 29.5 Å². The maximum absolute atomic E-state index is 5.47. The SMILES string of the molecule is COc1ccc([C@H]2c3cc(OC)c(OC)cc3C[C@@H]2C)cc1. The van der Waals surface area contributed by atoms with Crippen LogP contribution in [0.4, 0.5) is 0 Å². The summed E-state index contributed by atoms with van der Waals surface area (Å²) in [6, 6.07) is 12.6. The Hall–Kier alpha value is -2.16. The van der Waals surface area contributed by atoms with Gasteiger partial charge in [0, 0.05) is 5.92 Å². The molecule has 22 heavy (non-hydrogen) atoms. The third kappa shape index (κ3) is 2.41. The van der Waals surface area contributed by atoms with Crippen molar-refractivity contribution in [3.8, 4) is 17.2 Å². The number of methoxy groups -OCH3 is 3. The maximum atomic E-state index is 5.47. The summed E-state index contributed by atoms with van der Waals surface area (Å²) in [4.78, 5) is 0. The molecule has 0 radical (unpaired) electrons. The second-order valence-corrected chi connectivity index (χ2v) is 5.84. The molecule has 0 bridgehead atoms. The van der Waals surface area contributed by atoms with Gasteiger partial charge in [0.2, 0.25) is 0 Å². The molecule has 0 spiro atoms. The van der Waals surface area contributed by atoms with Crippen LogP contribution >= 0.6 is 0 Å². The van der Waals surface area contributed by atoms with Gasteiger partial charge in [-0.15, -0.1) is 0 Å². The first-order valence-electron chi connectivity index (χ1n) is 7.56. The second kappa shape index (κ2) is 5.91. The van der Waals surface area contributed by atoms with Gasteiger partial charge >= 0.3 is 0 Å². The Balaban J connectivity index is 2.04. The predicted octanol–water partition coefficient (Wildman–Crippen LogP) is 4.04. The zero-order valence-electron chi connectivity index (χ0n) is 13.6. The van der Waals surface area contributed by atoms with Gasteiger partial charge in [-0.25, -0.2) is 0 Å². The molecule has 0 heterocycles. The van der Waals surface area contributed by atoms with Gasteiger partial charge in [0.15, 0.2) is 11.5 Å². The lowest BCUT2D eigenvalue weighted by molar-refractivity contribution is 0.354. The van der Waals surface area contributed by atoms with Gasteiger partial charge < -0.3 is 14.2 Å². The molecular weight excluding hydrogens is 276 g/mol. The van der Waals surface area contributed by atoms with E-state index >= 15 is 0 Å². The Labute approximate surface area is 131 Å². The third-order valence-corrected chi connectivity index (χ3v) is 4.57. The Morgan fingerprint density at radius 3 is 2.09 bits per heavy atom. The molecule has 0 aromatic heterocycles. The van der Waals surface area contributed by atoms with Crippen LogP contribution in [0.3, 0.4) is 0 Å². The van der Waals surface area contributed by atoms with Crippen molar-refractivity contribution in [2.45, 2.75) is 19.3 Å². The molecule has 0 aliphatic heterocycles. The molecule has 2 atom stereocenters. The first-order valence-corrected chi connectivity index (χ1v) is 7.56. The van der Waals surface area contributed by atoms with Crippen molar-refractivity contribution in [2.24, 2.45) is 5.92 Å². The van der Waals surface area contributed by atoms with E-state index in [-0.39, 0.29) is 0 Å². The molecule has 0 amide bonds. The molecule has 0 N–H and O–H groups in total. The largest absolute Gasteiger partial charge is 0.497 e. The summed E-state index contributed by atoms with van der Waals surface area (Å²) < 4.78 is 16.2. The van der Waals surface area contributed by atoms with E-state index in [1.165, 1.54) is 16.7 Å². The van der Waals surface area contributed by atoms with E-state index < -0.39 is 0 Å². The molecule has 3 rings (SSSR count). The maximum Gasteiger partial charge on any atom is 0.161 e. The lowest BCUT2D eigenvalue weighted by Gasteiger charge is -2.18. The van der Waals surface area contributed by atoms with Crippen molar-refractivity contribution >= 4 is 0 Å². The van der Waals surface area contributed by atoms with Crippen LogP contribution in [0.15, 0.2) is 36.4 Å². The fraction of sp³-hybridized carbons (Fsp3) is 0.368. The molecule has 2 aromatic rings. The summed E-state index contributed by atoms with van der Waals surface area (Å²) in [5, 5.41) is 0. The zero-order valence-corrected chi connectivity index (χ0v) is 13.6. The van der Waals surface area contributed by atoms with E-state index in [1.807, 2.05) is 12.1 Å².